The average Bonchev–Trinajstić information content (AvgIpc) is 2.79. The predicted molar refractivity (Wildman–Crippen MR) is 126 cm³/mol. The minimum absolute atomic E-state index is 0.0581. The van der Waals surface area contributed by atoms with Gasteiger partial charge in [0.25, 0.3) is 21.6 Å². The van der Waals surface area contributed by atoms with E-state index in [0.717, 1.165) is 0 Å². The minimum atomic E-state index is -4.00. The molecule has 0 aliphatic heterocycles. The van der Waals surface area contributed by atoms with Gasteiger partial charge in [0, 0.05) is 22.8 Å². The average molecular weight is 487 g/mol. The largest absolute Gasteiger partial charge is 0.278 e. The second-order valence-corrected chi connectivity index (χ2v) is 9.10. The van der Waals surface area contributed by atoms with E-state index in [2.05, 4.69) is 15.2 Å². The molecule has 33 heavy (non-hydrogen) atoms. The minimum Gasteiger partial charge on any atom is -0.278 e. The second kappa shape index (κ2) is 9.80. The van der Waals surface area contributed by atoms with Crippen molar-refractivity contribution in [3.05, 3.63) is 98.6 Å². The topological polar surface area (TPSA) is 131 Å². The molecule has 11 heteroatoms. The number of anilines is 1. The molecule has 0 fully saturated rings. The quantitative estimate of drug-likeness (QED) is 0.288. The number of carbonyl (C=O) groups excluding carboxylic acids is 1. The number of benzene rings is 3. The van der Waals surface area contributed by atoms with Crippen molar-refractivity contribution >= 4 is 44.6 Å². The number of amides is 1. The van der Waals surface area contributed by atoms with Gasteiger partial charge in [0.1, 0.15) is 0 Å². The number of nitrogens with one attached hydrogen (secondary N) is 2. The Labute approximate surface area is 195 Å². The zero-order valence-electron chi connectivity index (χ0n) is 17.6. The van der Waals surface area contributed by atoms with E-state index in [0.29, 0.717) is 16.8 Å². The van der Waals surface area contributed by atoms with Crippen molar-refractivity contribution in [1.29, 1.82) is 0 Å². The number of rotatable bonds is 7. The molecule has 0 atom stereocenters. The van der Waals surface area contributed by atoms with Crippen LogP contribution in [0.15, 0.2) is 76.7 Å². The lowest BCUT2D eigenvalue weighted by Crippen LogP contribution is -2.20. The van der Waals surface area contributed by atoms with E-state index < -0.39 is 20.9 Å². The van der Waals surface area contributed by atoms with E-state index >= 15 is 0 Å². The summed E-state index contributed by atoms with van der Waals surface area (Å²) in [5.41, 5.74) is 3.86. The summed E-state index contributed by atoms with van der Waals surface area (Å²) >= 11 is 6.01. The van der Waals surface area contributed by atoms with Gasteiger partial charge in [-0.2, -0.15) is 5.10 Å². The van der Waals surface area contributed by atoms with Gasteiger partial charge in [-0.3, -0.25) is 19.6 Å². The third-order valence-electron chi connectivity index (χ3n) is 4.67. The van der Waals surface area contributed by atoms with Crippen molar-refractivity contribution in [3.8, 4) is 0 Å². The van der Waals surface area contributed by atoms with E-state index in [1.54, 1.807) is 44.2 Å². The van der Waals surface area contributed by atoms with Gasteiger partial charge in [-0.15, -0.1) is 0 Å². The number of sulfonamides is 1. The third-order valence-corrected chi connectivity index (χ3v) is 6.37. The monoisotopic (exact) mass is 486 g/mol. The normalized spacial score (nSPS) is 11.7. The van der Waals surface area contributed by atoms with Crippen LogP contribution in [0.4, 0.5) is 11.4 Å². The van der Waals surface area contributed by atoms with Crippen LogP contribution in [0.1, 0.15) is 28.4 Å². The lowest BCUT2D eigenvalue weighted by molar-refractivity contribution is -0.385. The van der Waals surface area contributed by atoms with Gasteiger partial charge in [0.2, 0.25) is 0 Å². The summed E-state index contributed by atoms with van der Waals surface area (Å²) in [4.78, 5) is 23.0. The summed E-state index contributed by atoms with van der Waals surface area (Å²) < 4.78 is 27.8. The van der Waals surface area contributed by atoms with Crippen LogP contribution >= 0.6 is 11.6 Å². The summed E-state index contributed by atoms with van der Waals surface area (Å²) in [6, 6.07) is 16.4. The fourth-order valence-corrected chi connectivity index (χ4v) is 4.21. The highest BCUT2D eigenvalue weighted by molar-refractivity contribution is 7.92. The number of nitro groups is 1. The molecule has 0 aromatic heterocycles. The molecule has 9 nitrogen and oxygen atoms in total. The molecule has 3 aromatic carbocycles. The Morgan fingerprint density at radius 1 is 1.03 bits per heavy atom. The lowest BCUT2D eigenvalue weighted by atomic mass is 10.1. The lowest BCUT2D eigenvalue weighted by Gasteiger charge is -2.10. The molecule has 0 radical (unpaired) electrons. The van der Waals surface area contributed by atoms with Gasteiger partial charge >= 0.3 is 0 Å². The van der Waals surface area contributed by atoms with Crippen LogP contribution in [-0.2, 0) is 10.0 Å². The SMILES string of the molecule is C/C(=N\NC(=O)c1cccc(S(=O)(=O)Nc2ccccc2Cl)c1)c1ccc(C)c([N+](=O)[O-])c1. The molecule has 0 aliphatic rings. The van der Waals surface area contributed by atoms with Crippen LogP contribution in [0.5, 0.6) is 0 Å². The van der Waals surface area contributed by atoms with Crippen molar-refractivity contribution < 1.29 is 18.1 Å². The van der Waals surface area contributed by atoms with Crippen LogP contribution in [0, 0.1) is 17.0 Å². The molecule has 0 aliphatic carbocycles. The van der Waals surface area contributed by atoms with Crippen molar-refractivity contribution in [2.45, 2.75) is 18.7 Å². The fraction of sp³-hybridized carbons (Fsp3) is 0.0909. The fourth-order valence-electron chi connectivity index (χ4n) is 2.85. The van der Waals surface area contributed by atoms with Crippen LogP contribution in [-0.4, -0.2) is 25.0 Å². The van der Waals surface area contributed by atoms with E-state index in [-0.39, 0.29) is 26.9 Å². The Bertz CT molecular complexity index is 1370. The molecule has 2 N–H and O–H groups in total. The first-order valence-corrected chi connectivity index (χ1v) is 11.4. The van der Waals surface area contributed by atoms with Gasteiger partial charge in [-0.25, -0.2) is 13.8 Å². The number of nitro benzene ring substituents is 1. The van der Waals surface area contributed by atoms with Gasteiger partial charge in [-0.05, 0) is 44.2 Å². The predicted octanol–water partition coefficient (Wildman–Crippen LogP) is 4.51. The van der Waals surface area contributed by atoms with Crippen LogP contribution in [0.25, 0.3) is 0 Å². The van der Waals surface area contributed by atoms with Gasteiger partial charge < -0.3 is 0 Å². The summed E-state index contributed by atoms with van der Waals surface area (Å²) in [5, 5.41) is 15.3. The van der Waals surface area contributed by atoms with Crippen molar-refractivity contribution in [1.82, 2.24) is 5.43 Å². The summed E-state index contributed by atoms with van der Waals surface area (Å²) in [5.74, 6) is -0.647. The molecule has 0 heterocycles. The molecule has 0 saturated heterocycles. The molecule has 0 spiro atoms. The van der Waals surface area contributed by atoms with Crippen LogP contribution in [0.2, 0.25) is 5.02 Å². The third kappa shape index (κ3) is 5.73. The standard InChI is InChI=1S/C22H19ClN4O5S/c1-14-10-11-16(13-21(14)27(29)30)15(2)24-25-22(28)17-6-5-7-18(12-17)33(31,32)26-20-9-4-3-8-19(20)23/h3-13,26H,1-2H3,(H,25,28)/b24-15+. The molecule has 0 saturated carbocycles. The van der Waals surface area contributed by atoms with Crippen LogP contribution < -0.4 is 10.1 Å². The molecule has 3 rings (SSSR count). The Morgan fingerprint density at radius 2 is 1.76 bits per heavy atom. The smallest absolute Gasteiger partial charge is 0.272 e. The van der Waals surface area contributed by atoms with Gasteiger partial charge in [0.05, 0.1) is 26.2 Å². The molecule has 170 valence electrons. The number of halogens is 1. The number of para-hydroxylation sites is 1. The van der Waals surface area contributed by atoms with Crippen molar-refractivity contribution in [2.24, 2.45) is 5.10 Å². The van der Waals surface area contributed by atoms with E-state index in [1.807, 2.05) is 0 Å². The molecule has 1 amide bonds. The van der Waals surface area contributed by atoms with Crippen LogP contribution in [0.3, 0.4) is 0 Å². The highest BCUT2D eigenvalue weighted by Crippen LogP contribution is 2.24. The Balaban J connectivity index is 1.79. The zero-order chi connectivity index (χ0) is 24.2. The molecule has 0 unspecified atom stereocenters. The number of hydrazone groups is 1. The second-order valence-electron chi connectivity index (χ2n) is 7.01. The van der Waals surface area contributed by atoms with E-state index in [4.69, 9.17) is 11.6 Å². The maximum absolute atomic E-state index is 12.7. The Kier molecular flexibility index (Phi) is 7.10. The highest BCUT2D eigenvalue weighted by atomic mass is 35.5. The first-order valence-electron chi connectivity index (χ1n) is 9.56. The van der Waals surface area contributed by atoms with Crippen molar-refractivity contribution in [2.75, 3.05) is 4.72 Å². The Morgan fingerprint density at radius 3 is 2.45 bits per heavy atom. The van der Waals surface area contributed by atoms with Gasteiger partial charge in [-0.1, -0.05) is 41.9 Å². The summed E-state index contributed by atoms with van der Waals surface area (Å²) in [7, 11) is -4.00. The molecule has 3 aromatic rings. The molecular formula is C22H19ClN4O5S. The first-order chi connectivity index (χ1) is 15.6. The number of nitrogens with zero attached hydrogens (tertiary/aromatic N) is 2. The van der Waals surface area contributed by atoms with E-state index in [9.17, 15) is 23.3 Å². The first kappa shape index (κ1) is 23.9. The number of hydrogen-bond acceptors (Lipinski definition) is 6. The number of carbonyl (C=O) groups is 1. The highest BCUT2D eigenvalue weighted by Gasteiger charge is 2.18. The molecule has 0 bridgehead atoms. The molecular weight excluding hydrogens is 468 g/mol. The van der Waals surface area contributed by atoms with Gasteiger partial charge in [0.15, 0.2) is 0 Å². The summed E-state index contributed by atoms with van der Waals surface area (Å²) in [6.07, 6.45) is 0. The maximum atomic E-state index is 12.7. The summed E-state index contributed by atoms with van der Waals surface area (Å²) in [6.45, 7) is 3.21. The maximum Gasteiger partial charge on any atom is 0.272 e. The zero-order valence-corrected chi connectivity index (χ0v) is 19.1. The Hall–Kier alpha value is -3.76. The number of aryl methyl sites for hydroxylation is 1. The van der Waals surface area contributed by atoms with E-state index in [1.165, 1.54) is 36.4 Å². The number of hydrogen-bond donors (Lipinski definition) is 2. The van der Waals surface area contributed by atoms with Crippen molar-refractivity contribution in [3.63, 3.8) is 0 Å².